The average molecular weight is 471 g/mol. The highest BCUT2D eigenvalue weighted by Crippen LogP contribution is 2.42. The summed E-state index contributed by atoms with van der Waals surface area (Å²) in [7, 11) is 1.75. The molecule has 2 aromatic rings. The van der Waals surface area contributed by atoms with Crippen LogP contribution in [0.2, 0.25) is 0 Å². The Balaban J connectivity index is 0.000000350. The van der Waals surface area contributed by atoms with Crippen LogP contribution in [0.4, 0.5) is 10.1 Å². The summed E-state index contributed by atoms with van der Waals surface area (Å²) < 4.78 is 19.4. The predicted molar refractivity (Wildman–Crippen MR) is 129 cm³/mol. The molecule has 2 aliphatic rings. The Morgan fingerprint density at radius 2 is 1.82 bits per heavy atom. The molecule has 0 amide bonds. The van der Waals surface area contributed by atoms with Gasteiger partial charge in [0.1, 0.15) is 5.82 Å². The third-order valence-electron chi connectivity index (χ3n) is 5.94. The van der Waals surface area contributed by atoms with Crippen LogP contribution in [0.15, 0.2) is 42.5 Å². The number of halogens is 1. The number of fused-ring (bicyclic) bond motifs is 2. The summed E-state index contributed by atoms with van der Waals surface area (Å²) in [5.41, 5.74) is 7.79. The van der Waals surface area contributed by atoms with Crippen LogP contribution in [-0.4, -0.2) is 62.0 Å². The van der Waals surface area contributed by atoms with E-state index in [1.165, 1.54) is 34.0 Å². The highest BCUT2D eigenvalue weighted by molar-refractivity contribution is 5.89. The van der Waals surface area contributed by atoms with Gasteiger partial charge >= 0.3 is 11.9 Å². The Kier molecular flexibility index (Phi) is 9.18. The van der Waals surface area contributed by atoms with Gasteiger partial charge in [0.2, 0.25) is 0 Å². The van der Waals surface area contributed by atoms with Gasteiger partial charge in [0.15, 0.2) is 0 Å². The summed E-state index contributed by atoms with van der Waals surface area (Å²) in [5, 5.41) is 19.1. The van der Waals surface area contributed by atoms with E-state index in [-0.39, 0.29) is 5.82 Å². The number of aliphatic carboxylic acids is 2. The van der Waals surface area contributed by atoms with E-state index in [1.807, 2.05) is 6.07 Å². The molecule has 0 aliphatic carbocycles. The molecule has 0 fully saturated rings. The number of methoxy groups -OCH3 is 1. The van der Waals surface area contributed by atoms with Crippen LogP contribution in [0.1, 0.15) is 23.1 Å². The van der Waals surface area contributed by atoms with Gasteiger partial charge in [0, 0.05) is 43.6 Å². The van der Waals surface area contributed by atoms with Crippen LogP contribution in [0.25, 0.3) is 11.1 Å². The topological polar surface area (TPSA) is 99.1 Å². The quantitative estimate of drug-likeness (QED) is 0.557. The van der Waals surface area contributed by atoms with Crippen LogP contribution in [0, 0.1) is 5.82 Å². The number of nitrogens with one attached hydrogen (secondary N) is 1. The first kappa shape index (κ1) is 25.4. The number of hydrogen-bond donors (Lipinski definition) is 3. The first-order valence-electron chi connectivity index (χ1n) is 11.4. The Bertz CT molecular complexity index is 1040. The fourth-order valence-corrected chi connectivity index (χ4v) is 4.55. The lowest BCUT2D eigenvalue weighted by Crippen LogP contribution is -2.33. The van der Waals surface area contributed by atoms with Gasteiger partial charge in [-0.05, 0) is 73.2 Å². The number of anilines is 1. The zero-order valence-electron chi connectivity index (χ0n) is 19.3. The molecule has 0 radical (unpaired) electrons. The summed E-state index contributed by atoms with van der Waals surface area (Å²) in [6, 6.07) is 9.52. The number of carboxylic acids is 2. The van der Waals surface area contributed by atoms with Gasteiger partial charge in [-0.25, -0.2) is 14.0 Å². The standard InChI is InChI=1S/C22H27FN2O.C4H4O4/c1-26-13-12-25-11-3-5-18-14-16-7-9-24-10-8-20(16)21(22(18)25)17-4-2-6-19(23)15-17;5-3(6)1-2-4(7)8/h2,4,6,14-15,24H,3,5,7-13H2,1H3;1-2H,(H,5,6)(H,7,8)/b;2-1+. The van der Waals surface area contributed by atoms with E-state index in [0.717, 1.165) is 57.4 Å². The van der Waals surface area contributed by atoms with Crippen molar-refractivity contribution >= 4 is 17.6 Å². The van der Waals surface area contributed by atoms with Crippen molar-refractivity contribution < 1.29 is 28.9 Å². The zero-order valence-corrected chi connectivity index (χ0v) is 19.3. The van der Waals surface area contributed by atoms with Crippen molar-refractivity contribution in [3.05, 3.63) is 65.0 Å². The molecule has 0 aromatic heterocycles. The van der Waals surface area contributed by atoms with E-state index in [9.17, 15) is 14.0 Å². The van der Waals surface area contributed by atoms with Gasteiger partial charge in [-0.2, -0.15) is 0 Å². The maximum Gasteiger partial charge on any atom is 0.328 e. The Morgan fingerprint density at radius 1 is 1.09 bits per heavy atom. The van der Waals surface area contributed by atoms with Gasteiger partial charge in [-0.3, -0.25) is 0 Å². The second-order valence-electron chi connectivity index (χ2n) is 8.25. The van der Waals surface area contributed by atoms with Crippen LogP contribution in [0.3, 0.4) is 0 Å². The minimum absolute atomic E-state index is 0.167. The van der Waals surface area contributed by atoms with Gasteiger partial charge in [-0.1, -0.05) is 18.2 Å². The predicted octanol–water partition coefficient (Wildman–Crippen LogP) is 3.29. The van der Waals surface area contributed by atoms with Crippen molar-refractivity contribution in [2.45, 2.75) is 25.7 Å². The summed E-state index contributed by atoms with van der Waals surface area (Å²) in [4.78, 5) is 21.6. The van der Waals surface area contributed by atoms with E-state index >= 15 is 0 Å². The van der Waals surface area contributed by atoms with Crippen molar-refractivity contribution in [3.63, 3.8) is 0 Å². The Labute approximate surface area is 198 Å². The highest BCUT2D eigenvalue weighted by Gasteiger charge is 2.26. The highest BCUT2D eigenvalue weighted by atomic mass is 19.1. The SMILES string of the molecule is COCCN1CCCc2cc3c(c(-c4cccc(F)c4)c21)CCNCC3.O=C(O)/C=C/C(=O)O. The number of ether oxygens (including phenoxy) is 1. The van der Waals surface area contributed by atoms with Crippen LogP contribution in [0.5, 0.6) is 0 Å². The number of aryl methyl sites for hydroxylation is 1. The number of carbonyl (C=O) groups is 2. The number of benzene rings is 2. The molecule has 8 heteroatoms. The minimum Gasteiger partial charge on any atom is -0.478 e. The largest absolute Gasteiger partial charge is 0.478 e. The van der Waals surface area contributed by atoms with E-state index < -0.39 is 11.9 Å². The lowest BCUT2D eigenvalue weighted by molar-refractivity contribution is -0.134. The maximum absolute atomic E-state index is 14.1. The molecule has 182 valence electrons. The molecule has 2 aromatic carbocycles. The second-order valence-corrected chi connectivity index (χ2v) is 8.25. The van der Waals surface area contributed by atoms with Crippen LogP contribution >= 0.6 is 0 Å². The minimum atomic E-state index is -1.26. The molecular formula is C26H31FN2O5. The first-order valence-corrected chi connectivity index (χ1v) is 11.4. The number of hydrogen-bond acceptors (Lipinski definition) is 5. The van der Waals surface area contributed by atoms with Crippen LogP contribution < -0.4 is 10.2 Å². The summed E-state index contributed by atoms with van der Waals surface area (Å²) in [6.07, 6.45) is 5.42. The summed E-state index contributed by atoms with van der Waals surface area (Å²) in [5.74, 6) is -2.68. The molecule has 0 saturated heterocycles. The lowest BCUT2D eigenvalue weighted by Gasteiger charge is -2.35. The molecule has 2 aliphatic heterocycles. The van der Waals surface area contributed by atoms with E-state index in [2.05, 4.69) is 22.3 Å². The molecule has 7 nitrogen and oxygen atoms in total. The van der Waals surface area contributed by atoms with Crippen LogP contribution in [-0.2, 0) is 33.6 Å². The van der Waals surface area contributed by atoms with Gasteiger partial charge in [0.25, 0.3) is 0 Å². The smallest absolute Gasteiger partial charge is 0.328 e. The third-order valence-corrected chi connectivity index (χ3v) is 5.94. The second kappa shape index (κ2) is 12.3. The molecular weight excluding hydrogens is 439 g/mol. The van der Waals surface area contributed by atoms with Gasteiger partial charge in [-0.15, -0.1) is 0 Å². The van der Waals surface area contributed by atoms with E-state index in [4.69, 9.17) is 14.9 Å². The average Bonchev–Trinajstić information content (AvgIpc) is 3.05. The molecule has 0 spiro atoms. The third kappa shape index (κ3) is 6.65. The Hall–Kier alpha value is -3.23. The van der Waals surface area contributed by atoms with Crippen molar-refractivity contribution in [1.82, 2.24) is 5.32 Å². The number of rotatable bonds is 6. The monoisotopic (exact) mass is 470 g/mol. The van der Waals surface area contributed by atoms with E-state index in [0.29, 0.717) is 18.8 Å². The molecule has 0 saturated carbocycles. The maximum atomic E-state index is 14.1. The molecule has 0 bridgehead atoms. The number of nitrogens with zero attached hydrogens (tertiary/aromatic N) is 1. The van der Waals surface area contributed by atoms with Gasteiger partial charge < -0.3 is 25.2 Å². The van der Waals surface area contributed by atoms with Gasteiger partial charge in [0.05, 0.1) is 6.61 Å². The lowest BCUT2D eigenvalue weighted by atomic mass is 9.85. The molecule has 4 rings (SSSR count). The summed E-state index contributed by atoms with van der Waals surface area (Å²) in [6.45, 7) is 4.62. The molecule has 0 atom stereocenters. The molecule has 2 heterocycles. The van der Waals surface area contributed by atoms with Crippen molar-refractivity contribution in [3.8, 4) is 11.1 Å². The zero-order chi connectivity index (χ0) is 24.5. The molecule has 3 N–H and O–H groups in total. The molecule has 0 unspecified atom stereocenters. The first-order chi connectivity index (χ1) is 16.4. The van der Waals surface area contributed by atoms with Crippen molar-refractivity contribution in [2.24, 2.45) is 0 Å². The Morgan fingerprint density at radius 3 is 2.50 bits per heavy atom. The molecule has 34 heavy (non-hydrogen) atoms. The van der Waals surface area contributed by atoms with Crippen molar-refractivity contribution in [2.75, 3.05) is 44.8 Å². The van der Waals surface area contributed by atoms with E-state index in [1.54, 1.807) is 13.2 Å². The van der Waals surface area contributed by atoms with Crippen molar-refractivity contribution in [1.29, 1.82) is 0 Å². The normalized spacial score (nSPS) is 15.1. The number of carboxylic acid groups (broad SMARTS) is 2. The summed E-state index contributed by atoms with van der Waals surface area (Å²) >= 11 is 0. The fourth-order valence-electron chi connectivity index (χ4n) is 4.55. The fraction of sp³-hybridized carbons (Fsp3) is 0.385.